The van der Waals surface area contributed by atoms with Crippen molar-refractivity contribution in [2.24, 2.45) is 17.6 Å². The van der Waals surface area contributed by atoms with Crippen molar-refractivity contribution in [1.29, 1.82) is 0 Å². The summed E-state index contributed by atoms with van der Waals surface area (Å²) in [5.41, 5.74) is 7.40. The minimum atomic E-state index is 0. The highest BCUT2D eigenvalue weighted by atomic mass is 35.5. The summed E-state index contributed by atoms with van der Waals surface area (Å²) < 4.78 is 0. The van der Waals surface area contributed by atoms with Crippen molar-refractivity contribution in [3.63, 3.8) is 0 Å². The number of carbonyl (C=O) groups is 1. The number of H-pyrrole nitrogens is 1. The minimum Gasteiger partial charge on any atom is -0.328 e. The molecule has 6 nitrogen and oxygen atoms in total. The number of fused-ring (bicyclic) bond motifs is 1. The monoisotopic (exact) mass is 359 g/mol. The van der Waals surface area contributed by atoms with E-state index in [4.69, 9.17) is 5.73 Å². The van der Waals surface area contributed by atoms with Gasteiger partial charge in [0, 0.05) is 18.2 Å². The van der Waals surface area contributed by atoms with Gasteiger partial charge in [0.1, 0.15) is 0 Å². The molecule has 1 fully saturated rings. The lowest BCUT2D eigenvalue weighted by Crippen LogP contribution is -2.33. The maximum Gasteiger partial charge on any atom is 0.227 e. The van der Waals surface area contributed by atoms with E-state index in [-0.39, 0.29) is 42.7 Å². The number of nitrogens with two attached hydrogens (primary N) is 1. The van der Waals surface area contributed by atoms with Gasteiger partial charge in [-0.2, -0.15) is 5.10 Å². The van der Waals surface area contributed by atoms with Crippen LogP contribution in [0.2, 0.25) is 0 Å². The number of rotatable bonds is 3. The Balaban J connectivity index is 0.00000132. The summed E-state index contributed by atoms with van der Waals surface area (Å²) in [6.07, 6.45) is 7.25. The van der Waals surface area contributed by atoms with Crippen LogP contribution in [0, 0.1) is 11.8 Å². The number of nitrogens with zero attached hydrogens (tertiary/aromatic N) is 2. The van der Waals surface area contributed by atoms with E-state index in [0.717, 1.165) is 36.8 Å². The molecule has 1 aliphatic carbocycles. The zero-order valence-corrected chi connectivity index (χ0v) is 14.6. The van der Waals surface area contributed by atoms with Crippen LogP contribution in [0.5, 0.6) is 0 Å². The zero-order valence-electron chi connectivity index (χ0n) is 13.0. The molecule has 0 aliphatic heterocycles. The lowest BCUT2D eigenvalue weighted by Gasteiger charge is -2.30. The molecule has 1 aliphatic rings. The summed E-state index contributed by atoms with van der Waals surface area (Å²) in [6.45, 7) is 2.05. The Morgan fingerprint density at radius 3 is 2.70 bits per heavy atom. The second kappa shape index (κ2) is 8.47. The van der Waals surface area contributed by atoms with Gasteiger partial charge in [-0.15, -0.1) is 24.8 Å². The molecule has 3 rings (SSSR count). The molecule has 0 spiro atoms. The number of hydrogen-bond acceptors (Lipinski definition) is 4. The number of hydrogen-bond donors (Lipinski definition) is 3. The van der Waals surface area contributed by atoms with Crippen LogP contribution >= 0.6 is 24.8 Å². The number of aromatic amines is 1. The summed E-state index contributed by atoms with van der Waals surface area (Å²) in [4.78, 5) is 16.6. The Labute approximate surface area is 147 Å². The van der Waals surface area contributed by atoms with Crippen LogP contribution in [0.1, 0.15) is 32.6 Å². The average Bonchev–Trinajstić information content (AvgIpc) is 2.97. The van der Waals surface area contributed by atoms with Gasteiger partial charge >= 0.3 is 0 Å². The van der Waals surface area contributed by atoms with Crippen molar-refractivity contribution < 1.29 is 4.79 Å². The fraction of sp³-hybridized carbons (Fsp3) is 0.533. The summed E-state index contributed by atoms with van der Waals surface area (Å²) in [6, 6.07) is 2.03. The minimum absolute atomic E-state index is 0. The van der Waals surface area contributed by atoms with E-state index in [9.17, 15) is 4.79 Å². The van der Waals surface area contributed by atoms with E-state index >= 15 is 0 Å². The normalized spacial score (nSPS) is 21.8. The Kier molecular flexibility index (Phi) is 7.25. The van der Waals surface area contributed by atoms with Crippen molar-refractivity contribution in [3.05, 3.63) is 18.5 Å². The van der Waals surface area contributed by atoms with E-state index in [1.54, 1.807) is 12.4 Å². The first-order valence-electron chi connectivity index (χ1n) is 7.49. The smallest absolute Gasteiger partial charge is 0.227 e. The predicted octanol–water partition coefficient (Wildman–Crippen LogP) is 2.89. The Morgan fingerprint density at radius 2 is 2.04 bits per heavy atom. The predicted molar refractivity (Wildman–Crippen MR) is 96.1 cm³/mol. The number of anilines is 1. The summed E-state index contributed by atoms with van der Waals surface area (Å²) in [5.74, 6) is 0.720. The highest BCUT2D eigenvalue weighted by Crippen LogP contribution is 2.31. The Hall–Kier alpha value is -1.37. The van der Waals surface area contributed by atoms with Gasteiger partial charge in [-0.05, 0) is 44.6 Å². The molecule has 1 atom stereocenters. The van der Waals surface area contributed by atoms with Crippen LogP contribution in [0.3, 0.4) is 0 Å². The second-order valence-electron chi connectivity index (χ2n) is 5.95. The molecule has 0 bridgehead atoms. The molecular weight excluding hydrogens is 337 g/mol. The summed E-state index contributed by atoms with van der Waals surface area (Å²) in [7, 11) is 0. The van der Waals surface area contributed by atoms with Gasteiger partial charge in [0.05, 0.1) is 17.3 Å². The number of pyridine rings is 1. The number of aromatic nitrogens is 3. The van der Waals surface area contributed by atoms with Gasteiger partial charge in [0.15, 0.2) is 5.65 Å². The third-order valence-electron chi connectivity index (χ3n) is 4.50. The van der Waals surface area contributed by atoms with Gasteiger partial charge in [-0.1, -0.05) is 0 Å². The third-order valence-corrected chi connectivity index (χ3v) is 4.50. The van der Waals surface area contributed by atoms with Crippen LogP contribution in [0.15, 0.2) is 18.5 Å². The average molecular weight is 360 g/mol. The Bertz CT molecular complexity index is 638. The quantitative estimate of drug-likeness (QED) is 0.784. The van der Waals surface area contributed by atoms with Crippen molar-refractivity contribution in [2.75, 3.05) is 5.32 Å². The fourth-order valence-corrected chi connectivity index (χ4v) is 3.10. The zero-order chi connectivity index (χ0) is 14.8. The lowest BCUT2D eigenvalue weighted by atomic mass is 9.79. The molecule has 1 unspecified atom stereocenters. The molecule has 2 aromatic heterocycles. The van der Waals surface area contributed by atoms with Crippen LogP contribution < -0.4 is 11.1 Å². The molecule has 0 aromatic carbocycles. The molecule has 2 heterocycles. The van der Waals surface area contributed by atoms with Crippen molar-refractivity contribution in [2.45, 2.75) is 38.6 Å². The van der Waals surface area contributed by atoms with Crippen LogP contribution in [-0.2, 0) is 4.79 Å². The van der Waals surface area contributed by atoms with E-state index in [1.165, 1.54) is 0 Å². The van der Waals surface area contributed by atoms with E-state index in [1.807, 2.05) is 6.07 Å². The second-order valence-corrected chi connectivity index (χ2v) is 5.95. The first-order valence-corrected chi connectivity index (χ1v) is 7.49. The third kappa shape index (κ3) is 4.34. The van der Waals surface area contributed by atoms with Gasteiger partial charge in [-0.25, -0.2) is 4.98 Å². The lowest BCUT2D eigenvalue weighted by molar-refractivity contribution is -0.121. The molecule has 128 valence electrons. The first kappa shape index (κ1) is 19.7. The SMILES string of the molecule is CC(N)[C@H]1CC[C@H](C(=O)Nc2ccnc3[nH]ncc23)CC1.Cl.Cl. The van der Waals surface area contributed by atoms with Crippen molar-refractivity contribution in [1.82, 2.24) is 15.2 Å². The van der Waals surface area contributed by atoms with Crippen LogP contribution in [0.25, 0.3) is 11.0 Å². The van der Waals surface area contributed by atoms with Crippen molar-refractivity contribution in [3.8, 4) is 0 Å². The standard InChI is InChI=1S/C15H21N5O.2ClH/c1-9(16)10-2-4-11(5-3-10)15(21)19-13-6-7-17-14-12(13)8-18-20-14;;/h6-11H,2-5,16H2,1H3,(H2,17,18,19,20,21);2*1H/t9?,10-,11-;;. The molecule has 2 aromatic rings. The topological polar surface area (TPSA) is 96.7 Å². The maximum atomic E-state index is 12.4. The van der Waals surface area contributed by atoms with Gasteiger partial charge in [0.2, 0.25) is 5.91 Å². The van der Waals surface area contributed by atoms with E-state index in [0.29, 0.717) is 11.6 Å². The number of halogens is 2. The molecule has 0 radical (unpaired) electrons. The van der Waals surface area contributed by atoms with E-state index < -0.39 is 0 Å². The van der Waals surface area contributed by atoms with Crippen LogP contribution in [0.4, 0.5) is 5.69 Å². The summed E-state index contributed by atoms with van der Waals surface area (Å²) >= 11 is 0. The van der Waals surface area contributed by atoms with E-state index in [2.05, 4.69) is 27.4 Å². The molecule has 1 saturated carbocycles. The fourth-order valence-electron chi connectivity index (χ4n) is 3.10. The number of carbonyl (C=O) groups excluding carboxylic acids is 1. The molecule has 4 N–H and O–H groups in total. The van der Waals surface area contributed by atoms with Crippen molar-refractivity contribution >= 4 is 47.4 Å². The number of nitrogens with one attached hydrogen (secondary N) is 2. The Morgan fingerprint density at radius 1 is 1.35 bits per heavy atom. The number of amides is 1. The highest BCUT2D eigenvalue weighted by Gasteiger charge is 2.28. The van der Waals surface area contributed by atoms with Gasteiger partial charge < -0.3 is 11.1 Å². The molecule has 23 heavy (non-hydrogen) atoms. The van der Waals surface area contributed by atoms with Gasteiger partial charge in [0.25, 0.3) is 0 Å². The highest BCUT2D eigenvalue weighted by molar-refractivity contribution is 6.00. The molecular formula is C15H23Cl2N5O. The maximum absolute atomic E-state index is 12.4. The largest absolute Gasteiger partial charge is 0.328 e. The molecule has 1 amide bonds. The summed E-state index contributed by atoms with van der Waals surface area (Å²) in [5, 5.41) is 10.6. The first-order chi connectivity index (χ1) is 10.1. The molecule has 8 heteroatoms. The van der Waals surface area contributed by atoms with Gasteiger partial charge in [-0.3, -0.25) is 9.89 Å². The molecule has 0 saturated heterocycles. The van der Waals surface area contributed by atoms with Crippen LogP contribution in [-0.4, -0.2) is 27.1 Å².